The second kappa shape index (κ2) is 5.53. The fraction of sp³-hybridized carbons (Fsp3) is 0.462. The Morgan fingerprint density at radius 2 is 2.09 bits per heavy atom. The van der Waals surface area contributed by atoms with Gasteiger partial charge in [0.2, 0.25) is 6.17 Å². The number of azo groups is 2. The molecule has 1 N–H and O–H groups in total. The average Bonchev–Trinajstić information content (AvgIpc) is 2.78. The molecule has 0 aliphatic carbocycles. The number of allylic oxidation sites excluding steroid dienone is 1. The maximum Gasteiger partial charge on any atom is 0.507 e. The molecular weight excluding hydrogens is 312 g/mol. The molecule has 0 spiro atoms. The zero-order valence-electron chi connectivity index (χ0n) is 12.6. The van der Waals surface area contributed by atoms with Gasteiger partial charge in [-0.15, -0.1) is 4.70 Å². The zero-order chi connectivity index (χ0) is 16.7. The molecule has 2 aliphatic heterocycles. The summed E-state index contributed by atoms with van der Waals surface area (Å²) < 4.78 is 6.58. The topological polar surface area (TPSA) is 94.6 Å². The van der Waals surface area contributed by atoms with Crippen molar-refractivity contribution in [2.75, 3.05) is 7.05 Å². The van der Waals surface area contributed by atoms with Gasteiger partial charge in [0.1, 0.15) is 16.3 Å². The van der Waals surface area contributed by atoms with Crippen LogP contribution in [0.3, 0.4) is 0 Å². The first-order valence-electron chi connectivity index (χ1n) is 6.45. The lowest BCUT2D eigenvalue weighted by Gasteiger charge is -2.23. The van der Waals surface area contributed by atoms with Gasteiger partial charge in [-0.1, -0.05) is 16.7 Å². The molecule has 1 amide bonds. The molecule has 0 saturated carbocycles. The van der Waals surface area contributed by atoms with Gasteiger partial charge in [-0.2, -0.15) is 9.69 Å². The molecule has 2 rings (SSSR count). The van der Waals surface area contributed by atoms with Crippen LogP contribution >= 0.6 is 11.6 Å². The molecule has 22 heavy (non-hydrogen) atoms. The van der Waals surface area contributed by atoms with E-state index in [-0.39, 0.29) is 16.6 Å². The van der Waals surface area contributed by atoms with Crippen molar-refractivity contribution in [3.63, 3.8) is 0 Å². The summed E-state index contributed by atoms with van der Waals surface area (Å²) in [6, 6.07) is 0. The normalized spacial score (nSPS) is 20.3. The van der Waals surface area contributed by atoms with Gasteiger partial charge >= 0.3 is 17.9 Å². The minimum Gasteiger partial charge on any atom is -0.478 e. The highest BCUT2D eigenvalue weighted by Crippen LogP contribution is 2.27. The van der Waals surface area contributed by atoms with E-state index in [0.717, 1.165) is 0 Å². The predicted molar refractivity (Wildman–Crippen MR) is 77.6 cm³/mol. The van der Waals surface area contributed by atoms with Crippen molar-refractivity contribution < 1.29 is 24.1 Å². The SMILES string of the molecule is CN(C(=O)OC(C)(C)C)C1=CC(Cl)=NC2C(C(=O)O)=CN=[N+]12. The van der Waals surface area contributed by atoms with Crippen LogP contribution in [0.4, 0.5) is 4.79 Å². The first-order chi connectivity index (χ1) is 10.1. The number of rotatable bonds is 2. The van der Waals surface area contributed by atoms with E-state index < -0.39 is 23.8 Å². The first kappa shape index (κ1) is 16.2. The number of hydrogen-bond donors (Lipinski definition) is 1. The Labute approximate surface area is 132 Å². The van der Waals surface area contributed by atoms with Crippen LogP contribution in [0.15, 0.2) is 33.8 Å². The highest BCUT2D eigenvalue weighted by atomic mass is 35.5. The molecule has 1 atom stereocenters. The number of carboxylic acid groups (broad SMARTS) is 1. The molecule has 8 nitrogen and oxygen atoms in total. The lowest BCUT2D eigenvalue weighted by atomic mass is 10.2. The van der Waals surface area contributed by atoms with Gasteiger partial charge in [0.25, 0.3) is 0 Å². The third kappa shape index (κ3) is 3.16. The second-order valence-electron chi connectivity index (χ2n) is 5.72. The largest absolute Gasteiger partial charge is 0.507 e. The maximum atomic E-state index is 12.1. The molecule has 0 radical (unpaired) electrons. The minimum absolute atomic E-state index is 0.0265. The summed E-state index contributed by atoms with van der Waals surface area (Å²) in [6.45, 7) is 5.24. The number of nitrogens with zero attached hydrogens (tertiary/aromatic N) is 4. The van der Waals surface area contributed by atoms with E-state index in [4.69, 9.17) is 21.4 Å². The van der Waals surface area contributed by atoms with Crippen LogP contribution in [0.2, 0.25) is 0 Å². The molecular formula is C13H16ClN4O4+. The van der Waals surface area contributed by atoms with Gasteiger partial charge in [0.05, 0.1) is 19.3 Å². The molecule has 0 saturated heterocycles. The summed E-state index contributed by atoms with van der Waals surface area (Å²) in [4.78, 5) is 28.5. The van der Waals surface area contributed by atoms with E-state index >= 15 is 0 Å². The number of carbonyl (C=O) groups is 2. The van der Waals surface area contributed by atoms with Gasteiger partial charge < -0.3 is 9.84 Å². The molecule has 0 aromatic carbocycles. The molecule has 2 aliphatic rings. The molecule has 0 bridgehead atoms. The smallest absolute Gasteiger partial charge is 0.478 e. The highest BCUT2D eigenvalue weighted by Gasteiger charge is 2.42. The molecule has 118 valence electrons. The summed E-state index contributed by atoms with van der Waals surface area (Å²) >= 11 is 5.94. The molecule has 1 unspecified atom stereocenters. The zero-order valence-corrected chi connectivity index (χ0v) is 13.3. The van der Waals surface area contributed by atoms with Crippen LogP contribution in [-0.2, 0) is 9.53 Å². The van der Waals surface area contributed by atoms with Crippen molar-refractivity contribution in [1.29, 1.82) is 0 Å². The fourth-order valence-corrected chi connectivity index (χ4v) is 2.05. The number of ether oxygens (including phenoxy) is 1. The van der Waals surface area contributed by atoms with Gasteiger partial charge in [0.15, 0.2) is 0 Å². The Kier molecular flexibility index (Phi) is 4.06. The number of aliphatic carboxylic acids is 1. The number of halogens is 1. The predicted octanol–water partition coefficient (Wildman–Crippen LogP) is 2.12. The van der Waals surface area contributed by atoms with Crippen molar-refractivity contribution in [3.8, 4) is 0 Å². The van der Waals surface area contributed by atoms with Crippen LogP contribution in [0.25, 0.3) is 0 Å². The first-order valence-corrected chi connectivity index (χ1v) is 6.83. The van der Waals surface area contributed by atoms with E-state index in [2.05, 4.69) is 10.1 Å². The Morgan fingerprint density at radius 3 is 2.64 bits per heavy atom. The second-order valence-corrected chi connectivity index (χ2v) is 6.10. The van der Waals surface area contributed by atoms with Crippen molar-refractivity contribution in [2.45, 2.75) is 32.5 Å². The van der Waals surface area contributed by atoms with Crippen LogP contribution in [0, 0.1) is 0 Å². The Morgan fingerprint density at radius 1 is 1.45 bits per heavy atom. The van der Waals surface area contributed by atoms with Crippen LogP contribution in [0.5, 0.6) is 0 Å². The lowest BCUT2D eigenvalue weighted by molar-refractivity contribution is -0.576. The summed E-state index contributed by atoms with van der Waals surface area (Å²) in [5.74, 6) is -0.864. The van der Waals surface area contributed by atoms with Crippen molar-refractivity contribution in [3.05, 3.63) is 23.7 Å². The van der Waals surface area contributed by atoms with Gasteiger partial charge in [-0.05, 0) is 20.8 Å². The third-order valence-corrected chi connectivity index (χ3v) is 3.02. The van der Waals surface area contributed by atoms with Crippen LogP contribution in [-0.4, -0.2) is 50.8 Å². The molecule has 9 heteroatoms. The number of amides is 1. The van der Waals surface area contributed by atoms with Gasteiger partial charge in [-0.25, -0.2) is 9.79 Å². The maximum absolute atomic E-state index is 12.1. The number of aliphatic imine (C=N–C) groups is 1. The summed E-state index contributed by atoms with van der Waals surface area (Å²) in [7, 11) is 1.49. The van der Waals surface area contributed by atoms with Gasteiger partial charge in [0, 0.05) is 0 Å². The number of carbonyl (C=O) groups excluding carboxylic acids is 1. The van der Waals surface area contributed by atoms with Crippen molar-refractivity contribution in [2.24, 2.45) is 10.1 Å². The summed E-state index contributed by atoms with van der Waals surface area (Å²) in [6.07, 6.45) is 1.10. The standard InChI is InChI=1S/C13H15ClN4O4/c1-13(2,3)22-12(21)17(4)9-5-8(14)16-10-7(11(19)20)6-15-18(9)10/h5-6,10H,1-4H3/p+1. The van der Waals surface area contributed by atoms with E-state index in [1.165, 1.54) is 28.9 Å². The number of hydrogen-bond acceptors (Lipinski definition) is 5. The lowest BCUT2D eigenvalue weighted by Crippen LogP contribution is -2.40. The molecule has 0 aromatic heterocycles. The van der Waals surface area contributed by atoms with Gasteiger partial charge in [-0.3, -0.25) is 0 Å². The minimum atomic E-state index is -1.15. The molecule has 2 heterocycles. The molecule has 0 fully saturated rings. The molecule has 0 aromatic rings. The van der Waals surface area contributed by atoms with Crippen LogP contribution < -0.4 is 0 Å². The Balaban J connectivity index is 2.28. The van der Waals surface area contributed by atoms with E-state index in [1.807, 2.05) is 0 Å². The van der Waals surface area contributed by atoms with Crippen molar-refractivity contribution >= 4 is 28.8 Å². The van der Waals surface area contributed by atoms with E-state index in [0.29, 0.717) is 0 Å². The average molecular weight is 328 g/mol. The van der Waals surface area contributed by atoms with Crippen LogP contribution in [0.1, 0.15) is 20.8 Å². The summed E-state index contributed by atoms with van der Waals surface area (Å²) in [5, 5.41) is 13.2. The fourth-order valence-electron chi connectivity index (χ4n) is 1.86. The monoisotopic (exact) mass is 327 g/mol. The summed E-state index contributed by atoms with van der Waals surface area (Å²) in [5.41, 5.74) is -0.689. The number of fused-ring (bicyclic) bond motifs is 1. The Hall–Kier alpha value is -2.22. The van der Waals surface area contributed by atoms with Crippen molar-refractivity contribution in [1.82, 2.24) is 4.90 Å². The highest BCUT2D eigenvalue weighted by molar-refractivity contribution is 6.68. The van der Waals surface area contributed by atoms with E-state index in [1.54, 1.807) is 20.8 Å². The number of carboxylic acids is 1. The van der Waals surface area contributed by atoms with E-state index in [9.17, 15) is 9.59 Å². The quantitative estimate of drug-likeness (QED) is 0.786. The Bertz CT molecular complexity index is 657. The third-order valence-electron chi connectivity index (χ3n) is 2.82.